The molecule has 2 aliphatic heterocycles. The maximum absolute atomic E-state index is 4.45. The first-order valence-corrected chi connectivity index (χ1v) is 22.7. The van der Waals surface area contributed by atoms with E-state index in [1.54, 1.807) is 0 Å². The standard InChI is InChI=1S/C55H63BN2S/c1-16-34-29-36(52(6,7)8)19-23-43(34)58-46-28-33(2)27-45-48(46)56(50-49(58)39-31-40-41(32-47(39)59-50)55(14,15)26-25-54(40,12)13)42-30-37(53(9,10)11)20-24-44(42)57(45)38-21-17-35(18-22-38)51(3,4)5/h16-24,27-32H,1,25-26H2,2-15H3. The monoisotopic (exact) mass is 794 g/mol. The van der Waals surface area contributed by atoms with Crippen LogP contribution in [0.1, 0.15) is 142 Å². The summed E-state index contributed by atoms with van der Waals surface area (Å²) in [5.41, 5.74) is 20.1. The van der Waals surface area contributed by atoms with Gasteiger partial charge in [-0.15, -0.1) is 11.3 Å². The molecule has 3 aliphatic rings. The van der Waals surface area contributed by atoms with Gasteiger partial charge in [-0.2, -0.15) is 0 Å². The lowest BCUT2D eigenvalue weighted by atomic mass is 9.36. The molecule has 59 heavy (non-hydrogen) atoms. The molecule has 1 aromatic heterocycles. The Hall–Kier alpha value is -4.54. The van der Waals surface area contributed by atoms with Crippen molar-refractivity contribution < 1.29 is 0 Å². The second kappa shape index (κ2) is 13.0. The zero-order chi connectivity index (χ0) is 42.4. The highest BCUT2D eigenvalue weighted by Crippen LogP contribution is 2.53. The molecule has 3 heterocycles. The van der Waals surface area contributed by atoms with Crippen molar-refractivity contribution >= 4 is 84.0 Å². The van der Waals surface area contributed by atoms with Crippen molar-refractivity contribution in [1.29, 1.82) is 0 Å². The first-order chi connectivity index (χ1) is 27.5. The summed E-state index contributed by atoms with van der Waals surface area (Å²) in [6.07, 6.45) is 4.46. The van der Waals surface area contributed by atoms with E-state index in [4.69, 9.17) is 0 Å². The average molecular weight is 795 g/mol. The van der Waals surface area contributed by atoms with Gasteiger partial charge in [0.2, 0.25) is 0 Å². The van der Waals surface area contributed by atoms with Gasteiger partial charge in [0.1, 0.15) is 0 Å². The van der Waals surface area contributed by atoms with Crippen LogP contribution in [-0.4, -0.2) is 6.71 Å². The molecule has 9 rings (SSSR count). The summed E-state index contributed by atoms with van der Waals surface area (Å²) in [5, 5.41) is 1.37. The van der Waals surface area contributed by atoms with Crippen molar-refractivity contribution in [3.8, 4) is 0 Å². The van der Waals surface area contributed by atoms with Crippen molar-refractivity contribution in [1.82, 2.24) is 0 Å². The topological polar surface area (TPSA) is 6.48 Å². The van der Waals surface area contributed by atoms with Crippen LogP contribution in [0.3, 0.4) is 0 Å². The number of benzene rings is 5. The highest BCUT2D eigenvalue weighted by atomic mass is 32.1. The molecule has 0 saturated heterocycles. The van der Waals surface area contributed by atoms with Gasteiger partial charge in [0, 0.05) is 37.6 Å². The van der Waals surface area contributed by atoms with Crippen molar-refractivity contribution in [3.63, 3.8) is 0 Å². The van der Waals surface area contributed by atoms with E-state index in [2.05, 4.69) is 204 Å². The van der Waals surface area contributed by atoms with E-state index in [1.165, 1.54) is 106 Å². The van der Waals surface area contributed by atoms with E-state index in [-0.39, 0.29) is 33.8 Å². The van der Waals surface area contributed by atoms with Crippen molar-refractivity contribution in [2.45, 2.75) is 137 Å². The van der Waals surface area contributed by atoms with Crippen molar-refractivity contribution in [2.24, 2.45) is 0 Å². The van der Waals surface area contributed by atoms with Crippen LogP contribution in [0, 0.1) is 6.92 Å². The minimum atomic E-state index is -0.00181. The molecule has 0 radical (unpaired) electrons. The first-order valence-electron chi connectivity index (χ1n) is 21.9. The molecule has 0 spiro atoms. The Kier molecular flexibility index (Phi) is 8.78. The summed E-state index contributed by atoms with van der Waals surface area (Å²) >= 11 is 2.03. The number of anilines is 6. The Morgan fingerprint density at radius 1 is 0.610 bits per heavy atom. The van der Waals surface area contributed by atoms with Crippen LogP contribution in [0.2, 0.25) is 0 Å². The molecule has 302 valence electrons. The molecular formula is C55H63BN2S. The van der Waals surface area contributed by atoms with Gasteiger partial charge in [0.25, 0.3) is 6.71 Å². The zero-order valence-corrected chi connectivity index (χ0v) is 39.0. The number of hydrogen-bond donors (Lipinski definition) is 0. The van der Waals surface area contributed by atoms with E-state index in [1.807, 2.05) is 11.3 Å². The van der Waals surface area contributed by atoms with Crippen molar-refractivity contribution in [2.75, 3.05) is 9.80 Å². The molecule has 4 heteroatoms. The Morgan fingerprint density at radius 3 is 1.71 bits per heavy atom. The molecule has 1 aliphatic carbocycles. The number of aryl methyl sites for hydroxylation is 1. The fourth-order valence-corrected chi connectivity index (χ4v) is 11.5. The molecule has 0 fully saturated rings. The molecule has 0 saturated carbocycles. The molecule has 0 atom stereocenters. The summed E-state index contributed by atoms with van der Waals surface area (Å²) in [4.78, 5) is 5.21. The summed E-state index contributed by atoms with van der Waals surface area (Å²) in [7, 11) is 0. The quantitative estimate of drug-likeness (QED) is 0.164. The molecular weight excluding hydrogens is 731 g/mol. The van der Waals surface area contributed by atoms with Crippen molar-refractivity contribution in [3.05, 3.63) is 130 Å². The third kappa shape index (κ3) is 6.25. The second-order valence-electron chi connectivity index (χ2n) is 22.3. The van der Waals surface area contributed by atoms with Gasteiger partial charge in [-0.3, -0.25) is 0 Å². The average Bonchev–Trinajstić information content (AvgIpc) is 3.53. The molecule has 0 unspecified atom stereocenters. The normalized spacial score (nSPS) is 16.7. The number of thiophene rings is 1. The van der Waals surface area contributed by atoms with E-state index < -0.39 is 0 Å². The maximum Gasteiger partial charge on any atom is 0.264 e. The Balaban J connectivity index is 1.42. The fraction of sp³-hybridized carbons (Fsp3) is 0.382. The third-order valence-corrected chi connectivity index (χ3v) is 15.2. The number of nitrogens with zero attached hydrogens (tertiary/aromatic N) is 2. The SMILES string of the molecule is C=Cc1cc(C(C)(C)C)ccc1N1c2cc(C)cc3c2B(c2cc(C(C)(C)C)ccc2N3c2ccc(C(C)(C)C)cc2)c2sc3cc4c(cc3c21)C(C)(C)CCC4(C)C. The molecule has 0 amide bonds. The number of hydrogen-bond acceptors (Lipinski definition) is 3. The van der Waals surface area contributed by atoms with E-state index in [0.29, 0.717) is 0 Å². The van der Waals surface area contributed by atoms with Gasteiger partial charge in [-0.25, -0.2) is 0 Å². The summed E-state index contributed by atoms with van der Waals surface area (Å²) < 4.78 is 2.82. The predicted molar refractivity (Wildman–Crippen MR) is 262 cm³/mol. The fourth-order valence-electron chi connectivity index (χ4n) is 10.2. The number of fused-ring (bicyclic) bond motifs is 7. The molecule has 2 nitrogen and oxygen atoms in total. The predicted octanol–water partition coefficient (Wildman–Crippen LogP) is 14.2. The Bertz CT molecular complexity index is 2700. The lowest BCUT2D eigenvalue weighted by Crippen LogP contribution is -2.60. The third-order valence-electron chi connectivity index (χ3n) is 14.0. The lowest BCUT2D eigenvalue weighted by molar-refractivity contribution is 0.332. The van der Waals surface area contributed by atoms with Gasteiger partial charge in [-0.1, -0.05) is 133 Å². The van der Waals surface area contributed by atoms with Crippen LogP contribution in [0.25, 0.3) is 16.2 Å². The van der Waals surface area contributed by atoms with Crippen LogP contribution < -0.4 is 25.5 Å². The van der Waals surface area contributed by atoms with Crippen LogP contribution in [0.5, 0.6) is 0 Å². The summed E-state index contributed by atoms with van der Waals surface area (Å²) in [6, 6.07) is 33.9. The molecule has 0 bridgehead atoms. The zero-order valence-electron chi connectivity index (χ0n) is 38.2. The first kappa shape index (κ1) is 39.9. The maximum atomic E-state index is 4.45. The van der Waals surface area contributed by atoms with E-state index in [9.17, 15) is 0 Å². The highest BCUT2D eigenvalue weighted by Gasteiger charge is 2.47. The molecule has 0 N–H and O–H groups in total. The van der Waals surface area contributed by atoms with E-state index in [0.717, 1.165) is 5.56 Å². The largest absolute Gasteiger partial charge is 0.311 e. The van der Waals surface area contributed by atoms with Gasteiger partial charge in [0.15, 0.2) is 0 Å². The highest BCUT2D eigenvalue weighted by molar-refractivity contribution is 7.33. The van der Waals surface area contributed by atoms with Crippen LogP contribution in [0.4, 0.5) is 34.1 Å². The Morgan fingerprint density at radius 2 is 1.14 bits per heavy atom. The minimum absolute atomic E-state index is 0.00181. The van der Waals surface area contributed by atoms with Crippen LogP contribution in [0.15, 0.2) is 91.5 Å². The second-order valence-corrected chi connectivity index (χ2v) is 23.4. The Labute approximate surface area is 359 Å². The lowest BCUT2D eigenvalue weighted by Gasteiger charge is -2.44. The van der Waals surface area contributed by atoms with Gasteiger partial charge < -0.3 is 9.80 Å². The molecule has 6 aromatic rings. The van der Waals surface area contributed by atoms with Crippen LogP contribution >= 0.6 is 11.3 Å². The summed E-state index contributed by atoms with van der Waals surface area (Å²) in [5.74, 6) is 0. The summed E-state index contributed by atoms with van der Waals surface area (Å²) in [6.45, 7) is 37.5. The number of rotatable bonds is 3. The smallest absolute Gasteiger partial charge is 0.264 e. The van der Waals surface area contributed by atoms with E-state index >= 15 is 0 Å². The van der Waals surface area contributed by atoms with Crippen LogP contribution in [-0.2, 0) is 27.1 Å². The molecule has 5 aromatic carbocycles. The van der Waals surface area contributed by atoms with Gasteiger partial charge >= 0.3 is 0 Å². The minimum Gasteiger partial charge on any atom is -0.311 e. The van der Waals surface area contributed by atoms with Gasteiger partial charge in [0.05, 0.1) is 11.4 Å². The van der Waals surface area contributed by atoms with Gasteiger partial charge in [-0.05, 0) is 151 Å².